The second-order valence-corrected chi connectivity index (χ2v) is 5.08. The highest BCUT2D eigenvalue weighted by Crippen LogP contribution is 2.25. The Morgan fingerprint density at radius 1 is 1.40 bits per heavy atom. The van der Waals surface area contributed by atoms with E-state index in [-0.39, 0.29) is 11.3 Å². The Morgan fingerprint density at radius 2 is 2.10 bits per heavy atom. The Kier molecular flexibility index (Phi) is 6.51. The maximum atomic E-state index is 14.2. The average molecular weight is 300 g/mol. The molecule has 0 atom stereocenters. The summed E-state index contributed by atoms with van der Waals surface area (Å²) >= 11 is 1.31. The van der Waals surface area contributed by atoms with Gasteiger partial charge in [-0.15, -0.1) is 0 Å². The van der Waals surface area contributed by atoms with Gasteiger partial charge in [-0.1, -0.05) is 18.9 Å². The molecule has 0 spiro atoms. The van der Waals surface area contributed by atoms with Crippen molar-refractivity contribution < 1.29 is 13.6 Å². The topological polar surface area (TPSA) is 41.1 Å². The summed E-state index contributed by atoms with van der Waals surface area (Å²) in [6, 6.07) is 2.39. The number of hydrogen-bond donors (Lipinski definition) is 2. The number of carbonyl (C=O) groups excluding carboxylic acids is 1. The lowest BCUT2D eigenvalue weighted by Crippen LogP contribution is -2.11. The first-order valence-corrected chi connectivity index (χ1v) is 7.26. The van der Waals surface area contributed by atoms with Crippen molar-refractivity contribution in [1.82, 2.24) is 5.32 Å². The molecule has 3 nitrogen and oxygen atoms in total. The van der Waals surface area contributed by atoms with E-state index in [4.69, 9.17) is 0 Å². The largest absolute Gasteiger partial charge is 0.394 e. The smallest absolute Gasteiger partial charge is 0.196 e. The summed E-state index contributed by atoms with van der Waals surface area (Å²) in [5.41, 5.74) is -0.176. The molecule has 0 heterocycles. The fourth-order valence-corrected chi connectivity index (χ4v) is 2.17. The standard InChI is InChI=1S/C14H18F2N2OS/c1-4-7-20-18-11-6-5-10(15)12(13(11)16)14(19)9(2)8-17-3/h5-6,8,17-18H,4,7H2,1-3H3/b9-8+. The van der Waals surface area contributed by atoms with Crippen molar-refractivity contribution >= 4 is 23.4 Å². The van der Waals surface area contributed by atoms with Crippen LogP contribution in [0.3, 0.4) is 0 Å². The van der Waals surface area contributed by atoms with Gasteiger partial charge in [0.1, 0.15) is 5.82 Å². The number of allylic oxidation sites excluding steroid dienone is 1. The second kappa shape index (κ2) is 7.89. The quantitative estimate of drug-likeness (QED) is 0.348. The van der Waals surface area contributed by atoms with E-state index in [2.05, 4.69) is 10.0 Å². The average Bonchev–Trinajstić information content (AvgIpc) is 2.41. The number of nitrogens with one attached hydrogen (secondary N) is 2. The molecule has 0 aliphatic carbocycles. The number of ketones is 1. The highest BCUT2D eigenvalue weighted by atomic mass is 32.2. The number of carbonyl (C=O) groups is 1. The number of anilines is 1. The van der Waals surface area contributed by atoms with Crippen LogP contribution < -0.4 is 10.0 Å². The van der Waals surface area contributed by atoms with Crippen LogP contribution in [0.25, 0.3) is 0 Å². The van der Waals surface area contributed by atoms with Crippen molar-refractivity contribution in [2.75, 3.05) is 17.5 Å². The van der Waals surface area contributed by atoms with Crippen molar-refractivity contribution in [3.63, 3.8) is 0 Å². The number of hydrogen-bond acceptors (Lipinski definition) is 4. The van der Waals surface area contributed by atoms with Crippen molar-refractivity contribution in [1.29, 1.82) is 0 Å². The highest BCUT2D eigenvalue weighted by Gasteiger charge is 2.21. The van der Waals surface area contributed by atoms with Crippen LogP contribution in [0.4, 0.5) is 14.5 Å². The summed E-state index contributed by atoms with van der Waals surface area (Å²) < 4.78 is 30.7. The lowest BCUT2D eigenvalue weighted by molar-refractivity contribution is 0.102. The van der Waals surface area contributed by atoms with Gasteiger partial charge >= 0.3 is 0 Å². The molecule has 0 aliphatic rings. The van der Waals surface area contributed by atoms with Gasteiger partial charge in [-0.3, -0.25) is 4.79 Å². The highest BCUT2D eigenvalue weighted by molar-refractivity contribution is 8.00. The van der Waals surface area contributed by atoms with E-state index in [9.17, 15) is 13.6 Å². The van der Waals surface area contributed by atoms with Gasteiger partial charge in [0.05, 0.1) is 11.3 Å². The minimum Gasteiger partial charge on any atom is -0.394 e. The number of rotatable bonds is 7. The van der Waals surface area contributed by atoms with Gasteiger partial charge < -0.3 is 10.0 Å². The molecule has 0 aliphatic heterocycles. The van der Waals surface area contributed by atoms with E-state index in [1.165, 1.54) is 31.1 Å². The minimum absolute atomic E-state index is 0.116. The van der Waals surface area contributed by atoms with Crippen molar-refractivity contribution in [2.45, 2.75) is 20.3 Å². The molecule has 0 aromatic heterocycles. The SMILES string of the molecule is CCCSNc1ccc(F)c(C(=O)/C(C)=C/NC)c1F. The Morgan fingerprint density at radius 3 is 2.70 bits per heavy atom. The Hall–Kier alpha value is -1.56. The molecule has 2 N–H and O–H groups in total. The van der Waals surface area contributed by atoms with E-state index in [0.29, 0.717) is 0 Å². The summed E-state index contributed by atoms with van der Waals surface area (Å²) in [5, 5.41) is 2.67. The summed E-state index contributed by atoms with van der Waals surface area (Å²) in [6.07, 6.45) is 2.34. The molecule has 20 heavy (non-hydrogen) atoms. The molecule has 6 heteroatoms. The molecule has 1 rings (SSSR count). The number of benzene rings is 1. The summed E-state index contributed by atoms with van der Waals surface area (Å²) in [6.45, 7) is 3.50. The van der Waals surface area contributed by atoms with Crippen LogP contribution in [0.15, 0.2) is 23.9 Å². The van der Waals surface area contributed by atoms with E-state index in [1.807, 2.05) is 6.92 Å². The molecule has 0 saturated carbocycles. The van der Waals surface area contributed by atoms with Gasteiger partial charge in [0.25, 0.3) is 0 Å². The number of Topliss-reactive ketones (excluding diaryl/α,β-unsaturated/α-hetero) is 1. The van der Waals surface area contributed by atoms with E-state index in [0.717, 1.165) is 18.2 Å². The van der Waals surface area contributed by atoms with Crippen molar-refractivity contribution in [3.05, 3.63) is 41.1 Å². The van der Waals surface area contributed by atoms with Gasteiger partial charge in [0, 0.05) is 24.6 Å². The van der Waals surface area contributed by atoms with E-state index < -0.39 is 23.0 Å². The molecule has 0 fully saturated rings. The van der Waals surface area contributed by atoms with Gasteiger partial charge in [-0.25, -0.2) is 8.78 Å². The lowest BCUT2D eigenvalue weighted by atomic mass is 10.0. The zero-order valence-corrected chi connectivity index (χ0v) is 12.5. The molecular weight excluding hydrogens is 282 g/mol. The van der Waals surface area contributed by atoms with Crippen LogP contribution in [0.2, 0.25) is 0 Å². The summed E-state index contributed by atoms with van der Waals surface area (Å²) in [7, 11) is 1.61. The van der Waals surface area contributed by atoms with E-state index >= 15 is 0 Å². The molecule has 0 radical (unpaired) electrons. The predicted octanol–water partition coefficient (Wildman–Crippen LogP) is 3.74. The molecule has 110 valence electrons. The van der Waals surface area contributed by atoms with Crippen LogP contribution in [-0.4, -0.2) is 18.6 Å². The third-order valence-electron chi connectivity index (χ3n) is 2.53. The molecule has 1 aromatic carbocycles. The Balaban J connectivity index is 3.09. The number of halogens is 2. The van der Waals surface area contributed by atoms with Crippen LogP contribution in [0, 0.1) is 11.6 Å². The Bertz CT molecular complexity index is 518. The van der Waals surface area contributed by atoms with Crippen LogP contribution in [-0.2, 0) is 0 Å². The first-order chi connectivity index (χ1) is 9.52. The Labute approximate surface area is 122 Å². The molecule has 0 unspecified atom stereocenters. The van der Waals surface area contributed by atoms with Gasteiger partial charge in [-0.05, 0) is 25.5 Å². The molecule has 0 bridgehead atoms. The molecule has 1 aromatic rings. The second-order valence-electron chi connectivity index (χ2n) is 4.18. The van der Waals surface area contributed by atoms with Gasteiger partial charge in [0.15, 0.2) is 11.6 Å². The van der Waals surface area contributed by atoms with Gasteiger partial charge in [-0.2, -0.15) is 0 Å². The van der Waals surface area contributed by atoms with Crippen molar-refractivity contribution in [3.8, 4) is 0 Å². The molecule has 0 saturated heterocycles. The maximum Gasteiger partial charge on any atom is 0.196 e. The normalized spacial score (nSPS) is 11.3. The lowest BCUT2D eigenvalue weighted by Gasteiger charge is -2.10. The third-order valence-corrected chi connectivity index (χ3v) is 3.50. The van der Waals surface area contributed by atoms with Crippen LogP contribution in [0.5, 0.6) is 0 Å². The first-order valence-electron chi connectivity index (χ1n) is 6.27. The first kappa shape index (κ1) is 16.5. The zero-order chi connectivity index (χ0) is 15.1. The molecular formula is C14H18F2N2OS. The van der Waals surface area contributed by atoms with Crippen LogP contribution in [0.1, 0.15) is 30.6 Å². The maximum absolute atomic E-state index is 14.2. The van der Waals surface area contributed by atoms with Crippen LogP contribution >= 0.6 is 11.9 Å². The molecule has 0 amide bonds. The zero-order valence-electron chi connectivity index (χ0n) is 11.7. The summed E-state index contributed by atoms with van der Waals surface area (Å²) in [4.78, 5) is 12.0. The fraction of sp³-hybridized carbons (Fsp3) is 0.357. The summed E-state index contributed by atoms with van der Waals surface area (Å²) in [5.74, 6) is -1.60. The van der Waals surface area contributed by atoms with E-state index in [1.54, 1.807) is 7.05 Å². The fourth-order valence-electron chi connectivity index (χ4n) is 1.55. The third kappa shape index (κ3) is 3.96. The predicted molar refractivity (Wildman–Crippen MR) is 79.9 cm³/mol. The minimum atomic E-state index is -0.859. The van der Waals surface area contributed by atoms with Gasteiger partial charge in [0.2, 0.25) is 0 Å². The van der Waals surface area contributed by atoms with Crippen molar-refractivity contribution in [2.24, 2.45) is 0 Å². The monoisotopic (exact) mass is 300 g/mol.